The molecule has 0 saturated carbocycles. The number of hydrogen-bond acceptors (Lipinski definition) is 4. The molecule has 0 saturated heterocycles. The van der Waals surface area contributed by atoms with Gasteiger partial charge in [0, 0.05) is 13.0 Å². The van der Waals surface area contributed by atoms with Gasteiger partial charge in [-0.15, -0.1) is 0 Å². The van der Waals surface area contributed by atoms with E-state index in [1.165, 1.54) is 0 Å². The summed E-state index contributed by atoms with van der Waals surface area (Å²) in [6.07, 6.45) is 0.460. The standard InChI is InChI=1S/C6H16NO4/c8-3-1-2-7(4-9,5-10)6-11/h8-11H,1-6H2/q+1. The van der Waals surface area contributed by atoms with E-state index >= 15 is 0 Å². The predicted molar refractivity (Wildman–Crippen MR) is 38.1 cm³/mol. The highest BCUT2D eigenvalue weighted by molar-refractivity contribution is 4.32. The smallest absolute Gasteiger partial charge is 0.183 e. The number of nitrogens with zero attached hydrogens (tertiary/aromatic N) is 1. The second kappa shape index (κ2) is 5.45. The highest BCUT2D eigenvalue weighted by atomic mass is 16.3. The molecule has 68 valence electrons. The van der Waals surface area contributed by atoms with Crippen molar-refractivity contribution in [2.45, 2.75) is 6.42 Å². The molecule has 0 spiro atoms. The fraction of sp³-hybridized carbons (Fsp3) is 1.00. The quantitative estimate of drug-likeness (QED) is 0.273. The van der Waals surface area contributed by atoms with Crippen LogP contribution in [0.3, 0.4) is 0 Å². The lowest BCUT2D eigenvalue weighted by atomic mass is 10.4. The Morgan fingerprint density at radius 1 is 0.818 bits per heavy atom. The summed E-state index contributed by atoms with van der Waals surface area (Å²) in [6, 6.07) is 0. The minimum atomic E-state index is -0.312. The first-order valence-corrected chi connectivity index (χ1v) is 3.53. The molecule has 0 rings (SSSR count). The molecule has 0 aliphatic rings. The van der Waals surface area contributed by atoms with Crippen molar-refractivity contribution in [1.82, 2.24) is 0 Å². The molecule has 4 N–H and O–H groups in total. The molecule has 0 aliphatic carbocycles. The summed E-state index contributed by atoms with van der Waals surface area (Å²) >= 11 is 0. The zero-order chi connectivity index (χ0) is 8.74. The van der Waals surface area contributed by atoms with E-state index in [9.17, 15) is 0 Å². The molecule has 0 heterocycles. The Kier molecular flexibility index (Phi) is 5.35. The Hall–Kier alpha value is -0.200. The van der Waals surface area contributed by atoms with Gasteiger partial charge in [-0.05, 0) is 0 Å². The van der Waals surface area contributed by atoms with Crippen LogP contribution in [0.25, 0.3) is 0 Å². The van der Waals surface area contributed by atoms with Crippen LogP contribution in [0.15, 0.2) is 0 Å². The molecule has 0 unspecified atom stereocenters. The van der Waals surface area contributed by atoms with Crippen LogP contribution in [0, 0.1) is 0 Å². The van der Waals surface area contributed by atoms with Crippen LogP contribution in [0.2, 0.25) is 0 Å². The lowest BCUT2D eigenvalue weighted by Gasteiger charge is -2.31. The molecule has 0 fully saturated rings. The molecule has 5 nitrogen and oxygen atoms in total. The van der Waals surface area contributed by atoms with Gasteiger partial charge >= 0.3 is 0 Å². The molecular weight excluding hydrogens is 150 g/mol. The van der Waals surface area contributed by atoms with Crippen LogP contribution in [0.1, 0.15) is 6.42 Å². The molecule has 0 aromatic heterocycles. The van der Waals surface area contributed by atoms with Crippen LogP contribution in [-0.4, -0.2) is 58.3 Å². The van der Waals surface area contributed by atoms with E-state index in [4.69, 9.17) is 20.4 Å². The van der Waals surface area contributed by atoms with Crippen molar-refractivity contribution in [3.8, 4) is 0 Å². The molecule has 0 aromatic carbocycles. The summed E-state index contributed by atoms with van der Waals surface area (Å²) in [5.74, 6) is 0. The Labute approximate surface area is 65.7 Å². The maximum atomic E-state index is 8.77. The van der Waals surface area contributed by atoms with Gasteiger partial charge in [0.05, 0.1) is 6.54 Å². The fourth-order valence-electron chi connectivity index (χ4n) is 0.752. The average molecular weight is 166 g/mol. The van der Waals surface area contributed by atoms with Crippen LogP contribution >= 0.6 is 0 Å². The summed E-state index contributed by atoms with van der Waals surface area (Å²) in [4.78, 5) is 0. The van der Waals surface area contributed by atoms with Crippen molar-refractivity contribution in [2.24, 2.45) is 0 Å². The number of hydrogen-bond donors (Lipinski definition) is 4. The third kappa shape index (κ3) is 3.13. The largest absolute Gasteiger partial charge is 0.396 e. The summed E-state index contributed by atoms with van der Waals surface area (Å²) < 4.78 is -0.180. The maximum absolute atomic E-state index is 8.77. The fourth-order valence-corrected chi connectivity index (χ4v) is 0.752. The zero-order valence-corrected chi connectivity index (χ0v) is 6.48. The first-order valence-electron chi connectivity index (χ1n) is 3.53. The van der Waals surface area contributed by atoms with Crippen molar-refractivity contribution >= 4 is 0 Å². The molecule has 0 amide bonds. The molecular formula is C6H16NO4+. The van der Waals surface area contributed by atoms with Gasteiger partial charge in [0.15, 0.2) is 20.2 Å². The number of aliphatic hydroxyl groups excluding tert-OH is 4. The molecule has 5 heteroatoms. The molecule has 0 atom stereocenters. The van der Waals surface area contributed by atoms with E-state index < -0.39 is 0 Å². The minimum Gasteiger partial charge on any atom is -0.396 e. The summed E-state index contributed by atoms with van der Waals surface area (Å²) in [5, 5.41) is 34.8. The van der Waals surface area contributed by atoms with E-state index in [1.807, 2.05) is 0 Å². The summed E-state index contributed by atoms with van der Waals surface area (Å²) in [7, 11) is 0. The van der Waals surface area contributed by atoms with E-state index in [-0.39, 0.29) is 31.3 Å². The van der Waals surface area contributed by atoms with Gasteiger partial charge < -0.3 is 20.4 Å². The highest BCUT2D eigenvalue weighted by Crippen LogP contribution is 2.02. The van der Waals surface area contributed by atoms with Crippen molar-refractivity contribution < 1.29 is 24.9 Å². The maximum Gasteiger partial charge on any atom is 0.183 e. The van der Waals surface area contributed by atoms with Gasteiger partial charge in [-0.25, -0.2) is 0 Å². The van der Waals surface area contributed by atoms with E-state index in [2.05, 4.69) is 0 Å². The van der Waals surface area contributed by atoms with Crippen molar-refractivity contribution in [1.29, 1.82) is 0 Å². The molecule has 0 bridgehead atoms. The zero-order valence-electron chi connectivity index (χ0n) is 6.48. The second-order valence-electron chi connectivity index (χ2n) is 2.57. The second-order valence-corrected chi connectivity index (χ2v) is 2.57. The van der Waals surface area contributed by atoms with Crippen molar-refractivity contribution in [3.05, 3.63) is 0 Å². The molecule has 0 radical (unpaired) electrons. The van der Waals surface area contributed by atoms with Crippen molar-refractivity contribution in [2.75, 3.05) is 33.3 Å². The Morgan fingerprint density at radius 3 is 1.55 bits per heavy atom. The van der Waals surface area contributed by atoms with Crippen LogP contribution in [0.5, 0.6) is 0 Å². The van der Waals surface area contributed by atoms with E-state index in [0.717, 1.165) is 0 Å². The minimum absolute atomic E-state index is 0. The normalized spacial score (nSPS) is 12.0. The molecule has 0 aromatic rings. The Morgan fingerprint density at radius 2 is 1.27 bits per heavy atom. The van der Waals surface area contributed by atoms with Crippen molar-refractivity contribution in [3.63, 3.8) is 0 Å². The Balaban J connectivity index is 3.84. The predicted octanol–water partition coefficient (Wildman–Crippen LogP) is -1.96. The van der Waals surface area contributed by atoms with Crippen LogP contribution in [-0.2, 0) is 0 Å². The van der Waals surface area contributed by atoms with Gasteiger partial charge in [0.2, 0.25) is 0 Å². The number of quaternary nitrogens is 1. The topological polar surface area (TPSA) is 80.9 Å². The first-order chi connectivity index (χ1) is 5.24. The van der Waals surface area contributed by atoms with Gasteiger partial charge in [0.1, 0.15) is 0 Å². The number of aliphatic hydroxyl groups is 4. The van der Waals surface area contributed by atoms with Crippen LogP contribution in [0.4, 0.5) is 0 Å². The van der Waals surface area contributed by atoms with Gasteiger partial charge in [0.25, 0.3) is 0 Å². The SMILES string of the molecule is OCCC[N+](CO)(CO)CO. The lowest BCUT2D eigenvalue weighted by molar-refractivity contribution is -0.976. The lowest BCUT2D eigenvalue weighted by Crippen LogP contribution is -2.51. The molecule has 11 heavy (non-hydrogen) atoms. The van der Waals surface area contributed by atoms with Gasteiger partial charge in [-0.2, -0.15) is 0 Å². The molecule has 0 aliphatic heterocycles. The average Bonchev–Trinajstić information content (AvgIpc) is 2.08. The highest BCUT2D eigenvalue weighted by Gasteiger charge is 2.23. The van der Waals surface area contributed by atoms with Gasteiger partial charge in [-0.1, -0.05) is 0 Å². The van der Waals surface area contributed by atoms with E-state index in [1.54, 1.807) is 0 Å². The monoisotopic (exact) mass is 166 g/mol. The number of rotatable bonds is 6. The third-order valence-electron chi connectivity index (χ3n) is 1.69. The third-order valence-corrected chi connectivity index (χ3v) is 1.69. The van der Waals surface area contributed by atoms with Gasteiger partial charge in [-0.3, -0.25) is 4.48 Å². The first kappa shape index (κ1) is 10.8. The van der Waals surface area contributed by atoms with Crippen LogP contribution < -0.4 is 0 Å². The van der Waals surface area contributed by atoms with E-state index in [0.29, 0.717) is 13.0 Å². The Bertz CT molecular complexity index is 86.3. The summed E-state index contributed by atoms with van der Waals surface area (Å²) in [6.45, 7) is -0.562. The summed E-state index contributed by atoms with van der Waals surface area (Å²) in [5.41, 5.74) is 0.